The minimum Gasteiger partial charge on any atom is -0.399 e. The molecular formula is C4H11NO. The van der Waals surface area contributed by atoms with E-state index < -0.39 is 0 Å². The predicted octanol–water partition coefficient (Wildman–Crippen LogP) is 1.27. The number of hydrogen-bond acceptors (Lipinski definition) is 2. The smallest absolute Gasteiger partial charge is 0.106 e. The van der Waals surface area contributed by atoms with E-state index in [4.69, 9.17) is 0 Å². The van der Waals surface area contributed by atoms with Crippen LogP contribution in [0.15, 0.2) is 5.16 Å². The summed E-state index contributed by atoms with van der Waals surface area (Å²) in [4.78, 5) is 4.26. The van der Waals surface area contributed by atoms with E-state index in [1.165, 1.54) is 7.11 Å². The van der Waals surface area contributed by atoms with E-state index in [0.29, 0.717) is 0 Å². The van der Waals surface area contributed by atoms with Gasteiger partial charge in [-0.25, -0.2) is 0 Å². The van der Waals surface area contributed by atoms with Crippen LogP contribution in [0.4, 0.5) is 0 Å². The Morgan fingerprint density at radius 1 is 1.67 bits per heavy atom. The molecule has 0 aromatic carbocycles. The van der Waals surface area contributed by atoms with Gasteiger partial charge in [0.05, 0.1) is 0 Å². The molecule has 0 N–H and O–H groups in total. The highest BCUT2D eigenvalue weighted by molar-refractivity contribution is 5.52. The van der Waals surface area contributed by atoms with Crippen LogP contribution >= 0.6 is 0 Å². The predicted molar refractivity (Wildman–Crippen MR) is 27.9 cm³/mol. The molecule has 0 aromatic rings. The fourth-order valence-corrected chi connectivity index (χ4v) is 0.105. The van der Waals surface area contributed by atoms with Crippen molar-refractivity contribution in [2.75, 3.05) is 7.11 Å². The van der Waals surface area contributed by atoms with Crippen molar-refractivity contribution in [2.24, 2.45) is 5.16 Å². The van der Waals surface area contributed by atoms with Crippen LogP contribution in [0.1, 0.15) is 14.4 Å². The van der Waals surface area contributed by atoms with Crippen molar-refractivity contribution < 1.29 is 4.84 Å². The van der Waals surface area contributed by atoms with Crippen molar-refractivity contribution in [2.45, 2.75) is 14.4 Å². The van der Waals surface area contributed by atoms with Gasteiger partial charge in [0.1, 0.15) is 7.11 Å². The molecule has 0 saturated heterocycles. The number of hydrogen-bond donors (Lipinski definition) is 0. The third kappa shape index (κ3) is 9.80. The molecular weight excluding hydrogens is 78.0 g/mol. The number of nitrogens with zero attached hydrogens (tertiary/aromatic N) is 1. The summed E-state index contributed by atoms with van der Waals surface area (Å²) in [5, 5.41) is 3.35. The van der Waals surface area contributed by atoms with Crippen LogP contribution in [0.25, 0.3) is 0 Å². The Kier molecular flexibility index (Phi) is 13.3. The van der Waals surface area contributed by atoms with Crippen molar-refractivity contribution in [3.8, 4) is 0 Å². The van der Waals surface area contributed by atoms with Gasteiger partial charge in [-0.15, -0.1) is 5.16 Å². The lowest BCUT2D eigenvalue weighted by Crippen LogP contribution is -1.63. The van der Waals surface area contributed by atoms with E-state index in [9.17, 15) is 0 Å². The average Bonchev–Trinajstić information content (AvgIpc) is 1.41. The summed E-state index contributed by atoms with van der Waals surface area (Å²) in [5.41, 5.74) is 0. The van der Waals surface area contributed by atoms with Gasteiger partial charge >= 0.3 is 0 Å². The SMILES string of the molecule is C.C/C=N/OC. The summed E-state index contributed by atoms with van der Waals surface area (Å²) in [6.07, 6.45) is 1.58. The zero-order valence-corrected chi connectivity index (χ0v) is 3.43. The fourth-order valence-electron chi connectivity index (χ4n) is 0.105. The topological polar surface area (TPSA) is 21.6 Å². The molecule has 0 aliphatic carbocycles. The molecule has 0 unspecified atom stereocenters. The first kappa shape index (κ1) is 9.08. The molecule has 0 radical (unpaired) electrons. The zero-order chi connectivity index (χ0) is 4.12. The molecule has 0 atom stereocenters. The van der Waals surface area contributed by atoms with Gasteiger partial charge in [-0.2, -0.15) is 0 Å². The lowest BCUT2D eigenvalue weighted by molar-refractivity contribution is 0.215. The summed E-state index contributed by atoms with van der Waals surface area (Å²) in [7, 11) is 1.51. The van der Waals surface area contributed by atoms with Crippen molar-refractivity contribution in [1.82, 2.24) is 0 Å². The van der Waals surface area contributed by atoms with Gasteiger partial charge in [-0.05, 0) is 6.92 Å². The normalized spacial score (nSPS) is 7.67. The molecule has 0 saturated carbocycles. The first-order valence-corrected chi connectivity index (χ1v) is 1.43. The molecule has 0 amide bonds. The van der Waals surface area contributed by atoms with Gasteiger partial charge in [0.2, 0.25) is 0 Å². The second kappa shape index (κ2) is 8.82. The lowest BCUT2D eigenvalue weighted by Gasteiger charge is -1.75. The van der Waals surface area contributed by atoms with Gasteiger partial charge in [0.15, 0.2) is 0 Å². The lowest BCUT2D eigenvalue weighted by atomic mass is 10.9. The minimum absolute atomic E-state index is 0. The average molecular weight is 89.1 g/mol. The Hall–Kier alpha value is -0.530. The highest BCUT2D eigenvalue weighted by Crippen LogP contribution is 1.56. The molecule has 0 aromatic heterocycles. The molecule has 0 rings (SSSR count). The van der Waals surface area contributed by atoms with Crippen LogP contribution in [-0.2, 0) is 4.84 Å². The maximum atomic E-state index is 4.26. The van der Waals surface area contributed by atoms with Gasteiger partial charge in [-0.1, -0.05) is 7.43 Å². The van der Waals surface area contributed by atoms with Gasteiger partial charge in [0, 0.05) is 6.21 Å². The van der Waals surface area contributed by atoms with Crippen LogP contribution < -0.4 is 0 Å². The third-order valence-electron chi connectivity index (χ3n) is 0.211. The van der Waals surface area contributed by atoms with E-state index in [1.54, 1.807) is 13.1 Å². The van der Waals surface area contributed by atoms with Crippen LogP contribution in [0.2, 0.25) is 0 Å². The standard InChI is InChI=1S/C3H7NO.CH4/c1-3-4-5-2;/h3H,1-2H3;1H4/b4-3+;. The van der Waals surface area contributed by atoms with Gasteiger partial charge in [-0.3, -0.25) is 0 Å². The summed E-state index contributed by atoms with van der Waals surface area (Å²) in [6.45, 7) is 1.80. The molecule has 0 fully saturated rings. The Labute approximate surface area is 38.8 Å². The second-order valence-electron chi connectivity index (χ2n) is 0.546. The van der Waals surface area contributed by atoms with Crippen LogP contribution in [-0.4, -0.2) is 13.3 Å². The van der Waals surface area contributed by atoms with E-state index in [0.717, 1.165) is 0 Å². The summed E-state index contributed by atoms with van der Waals surface area (Å²) in [6, 6.07) is 0. The maximum Gasteiger partial charge on any atom is 0.106 e. The van der Waals surface area contributed by atoms with Crippen molar-refractivity contribution >= 4 is 6.21 Å². The molecule has 0 aliphatic rings. The first-order chi connectivity index (χ1) is 2.41. The van der Waals surface area contributed by atoms with E-state index >= 15 is 0 Å². The van der Waals surface area contributed by atoms with Crippen molar-refractivity contribution in [3.05, 3.63) is 0 Å². The van der Waals surface area contributed by atoms with Crippen molar-refractivity contribution in [3.63, 3.8) is 0 Å². The largest absolute Gasteiger partial charge is 0.399 e. The summed E-state index contributed by atoms with van der Waals surface area (Å²) < 4.78 is 0. The molecule has 0 bridgehead atoms. The third-order valence-corrected chi connectivity index (χ3v) is 0.211. The molecule has 38 valence electrons. The highest BCUT2D eigenvalue weighted by Gasteiger charge is 1.46. The Morgan fingerprint density at radius 2 is 2.17 bits per heavy atom. The summed E-state index contributed by atoms with van der Waals surface area (Å²) >= 11 is 0. The van der Waals surface area contributed by atoms with Gasteiger partial charge in [0.25, 0.3) is 0 Å². The number of oxime groups is 1. The first-order valence-electron chi connectivity index (χ1n) is 1.43. The minimum atomic E-state index is 0. The van der Waals surface area contributed by atoms with Crippen molar-refractivity contribution in [1.29, 1.82) is 0 Å². The highest BCUT2D eigenvalue weighted by atomic mass is 16.6. The molecule has 6 heavy (non-hydrogen) atoms. The van der Waals surface area contributed by atoms with E-state index in [2.05, 4.69) is 9.99 Å². The number of rotatable bonds is 1. The maximum absolute atomic E-state index is 4.26. The Morgan fingerprint density at radius 3 is 2.17 bits per heavy atom. The van der Waals surface area contributed by atoms with Crippen LogP contribution in [0.5, 0.6) is 0 Å². The zero-order valence-electron chi connectivity index (χ0n) is 3.43. The summed E-state index contributed by atoms with van der Waals surface area (Å²) in [5.74, 6) is 0. The Bertz CT molecular complexity index is 34.5. The molecule has 0 spiro atoms. The molecule has 0 aliphatic heterocycles. The van der Waals surface area contributed by atoms with Crippen LogP contribution in [0.3, 0.4) is 0 Å². The fraction of sp³-hybridized carbons (Fsp3) is 0.750. The molecule has 2 heteroatoms. The Balaban J connectivity index is 0. The monoisotopic (exact) mass is 89.1 g/mol. The molecule has 0 heterocycles. The van der Waals surface area contributed by atoms with E-state index in [1.807, 2.05) is 0 Å². The quantitative estimate of drug-likeness (QED) is 0.350. The van der Waals surface area contributed by atoms with Crippen LogP contribution in [0, 0.1) is 0 Å². The molecule has 2 nitrogen and oxygen atoms in total. The second-order valence-corrected chi connectivity index (χ2v) is 0.546. The van der Waals surface area contributed by atoms with Gasteiger partial charge < -0.3 is 4.84 Å². The van der Waals surface area contributed by atoms with E-state index in [-0.39, 0.29) is 7.43 Å².